The minimum Gasteiger partial charge on any atom is -0.457 e. The van der Waals surface area contributed by atoms with Crippen molar-refractivity contribution < 1.29 is 44.2 Å². The predicted octanol–water partition coefficient (Wildman–Crippen LogP) is 5.68. The second-order valence-corrected chi connectivity index (χ2v) is 11.6. The molecule has 0 aromatic rings. The normalized spacial score (nSPS) is 23.3. The van der Waals surface area contributed by atoms with Gasteiger partial charge in [0.2, 0.25) is 0 Å². The first-order chi connectivity index (χ1) is 21.4. The number of esters is 1. The predicted molar refractivity (Wildman–Crippen MR) is 173 cm³/mol. The maximum atomic E-state index is 12.6. The van der Waals surface area contributed by atoms with Gasteiger partial charge in [-0.2, -0.15) is 0 Å². The summed E-state index contributed by atoms with van der Waals surface area (Å²) >= 11 is 0. The van der Waals surface area contributed by atoms with E-state index < -0.39 is 43.4 Å². The van der Waals surface area contributed by atoms with Gasteiger partial charge in [0, 0.05) is 13.0 Å². The first kappa shape index (κ1) is 40.4. The van der Waals surface area contributed by atoms with Crippen molar-refractivity contribution in [3.8, 4) is 0 Å². The van der Waals surface area contributed by atoms with Crippen molar-refractivity contribution in [1.82, 2.24) is 0 Å². The Balaban J connectivity index is 2.35. The summed E-state index contributed by atoms with van der Waals surface area (Å²) in [6, 6.07) is 0. The number of carbonyl (C=O) groups excluding carboxylic acids is 1. The number of hydrogen-bond donors (Lipinski definition) is 4. The summed E-state index contributed by atoms with van der Waals surface area (Å²) in [5, 5.41) is 39.7. The fourth-order valence-electron chi connectivity index (χ4n) is 4.86. The van der Waals surface area contributed by atoms with E-state index in [1.807, 2.05) is 0 Å². The Morgan fingerprint density at radius 2 is 1.39 bits per heavy atom. The Labute approximate surface area is 266 Å². The Morgan fingerprint density at radius 1 is 0.750 bits per heavy atom. The molecular formula is C35H62O9. The van der Waals surface area contributed by atoms with Crippen LogP contribution in [0.3, 0.4) is 0 Å². The number of carbonyl (C=O) groups is 1. The van der Waals surface area contributed by atoms with Crippen LogP contribution in [0.2, 0.25) is 0 Å². The number of ether oxygens (including phenoxy) is 4. The van der Waals surface area contributed by atoms with Gasteiger partial charge in [-0.1, -0.05) is 102 Å². The van der Waals surface area contributed by atoms with Crippen LogP contribution < -0.4 is 0 Å². The number of hydrogen-bond acceptors (Lipinski definition) is 9. The van der Waals surface area contributed by atoms with Crippen molar-refractivity contribution in [3.63, 3.8) is 0 Å². The average molecular weight is 627 g/mol. The van der Waals surface area contributed by atoms with Gasteiger partial charge < -0.3 is 39.4 Å². The third-order valence-corrected chi connectivity index (χ3v) is 7.57. The Kier molecular flexibility index (Phi) is 25.5. The summed E-state index contributed by atoms with van der Waals surface area (Å²) in [4.78, 5) is 12.6. The van der Waals surface area contributed by atoms with E-state index in [4.69, 9.17) is 18.9 Å². The van der Waals surface area contributed by atoms with Crippen molar-refractivity contribution in [1.29, 1.82) is 0 Å². The molecule has 0 radical (unpaired) electrons. The summed E-state index contributed by atoms with van der Waals surface area (Å²) in [5.41, 5.74) is 0. The summed E-state index contributed by atoms with van der Waals surface area (Å²) in [7, 11) is 0. The zero-order chi connectivity index (χ0) is 32.3. The van der Waals surface area contributed by atoms with Crippen LogP contribution in [0.5, 0.6) is 0 Å². The minimum atomic E-state index is -1.54. The topological polar surface area (TPSA) is 135 Å². The molecule has 0 aromatic heterocycles. The molecule has 1 aliphatic rings. The molecule has 1 heterocycles. The summed E-state index contributed by atoms with van der Waals surface area (Å²) in [6.45, 7) is 4.34. The SMILES string of the molecule is CC/C=C\C/C=C\C/C=C\CCCCCCCC(=O)OC(COCCCCCCCC)COC1OC(CO)C(O)C(O)C1O. The highest BCUT2D eigenvalue weighted by Crippen LogP contribution is 2.22. The van der Waals surface area contributed by atoms with Crippen LogP contribution in [-0.4, -0.2) is 89.6 Å². The third-order valence-electron chi connectivity index (χ3n) is 7.57. The highest BCUT2D eigenvalue weighted by atomic mass is 16.7. The van der Waals surface area contributed by atoms with E-state index in [1.54, 1.807) is 0 Å². The first-order valence-electron chi connectivity index (χ1n) is 17.1. The fraction of sp³-hybridized carbons (Fsp3) is 0.800. The van der Waals surface area contributed by atoms with Crippen molar-refractivity contribution in [2.24, 2.45) is 0 Å². The quantitative estimate of drug-likeness (QED) is 0.0516. The molecule has 9 heteroatoms. The second-order valence-electron chi connectivity index (χ2n) is 11.6. The van der Waals surface area contributed by atoms with Crippen LogP contribution in [0.25, 0.3) is 0 Å². The molecule has 1 fully saturated rings. The molecule has 0 spiro atoms. The van der Waals surface area contributed by atoms with E-state index in [0.717, 1.165) is 70.6 Å². The third kappa shape index (κ3) is 19.7. The molecule has 1 saturated heterocycles. The minimum absolute atomic E-state index is 0.121. The molecular weight excluding hydrogens is 564 g/mol. The van der Waals surface area contributed by atoms with Gasteiger partial charge in [0.25, 0.3) is 0 Å². The smallest absolute Gasteiger partial charge is 0.306 e. The standard InChI is InChI=1S/C35H62O9/c1-3-5-7-9-11-12-13-14-15-16-17-18-19-20-22-24-31(37)43-29(27-41-25-23-21-10-8-6-4-2)28-42-35-34(40)33(39)32(38)30(26-36)44-35/h5,7,11-12,14-15,29-30,32-36,38-40H,3-4,6,8-10,13,16-28H2,1-2H3/b7-5-,12-11-,15-14-. The molecule has 6 atom stereocenters. The van der Waals surface area contributed by atoms with Gasteiger partial charge in [-0.3, -0.25) is 4.79 Å². The van der Waals surface area contributed by atoms with Crippen molar-refractivity contribution in [2.45, 2.75) is 153 Å². The highest BCUT2D eigenvalue weighted by Gasteiger charge is 2.44. The molecule has 9 nitrogen and oxygen atoms in total. The van der Waals surface area contributed by atoms with Gasteiger partial charge >= 0.3 is 5.97 Å². The van der Waals surface area contributed by atoms with Crippen LogP contribution in [0, 0.1) is 0 Å². The summed E-state index contributed by atoms with van der Waals surface area (Å²) in [5.74, 6) is -0.336. The Morgan fingerprint density at radius 3 is 2.09 bits per heavy atom. The molecule has 256 valence electrons. The second kappa shape index (κ2) is 27.7. The van der Waals surface area contributed by atoms with Gasteiger partial charge in [0.15, 0.2) is 6.29 Å². The van der Waals surface area contributed by atoms with Crippen LogP contribution in [0.15, 0.2) is 36.5 Å². The number of aliphatic hydroxyl groups is 4. The Bertz CT molecular complexity index is 767. The Hall–Kier alpha value is -1.59. The molecule has 1 aliphatic heterocycles. The summed E-state index contributed by atoms with van der Waals surface area (Å²) < 4.78 is 22.5. The van der Waals surface area contributed by atoms with Gasteiger partial charge in [-0.15, -0.1) is 0 Å². The zero-order valence-corrected chi connectivity index (χ0v) is 27.4. The molecule has 0 bridgehead atoms. The van der Waals surface area contributed by atoms with E-state index in [1.165, 1.54) is 25.7 Å². The van der Waals surface area contributed by atoms with Gasteiger partial charge in [-0.05, 0) is 44.9 Å². The number of aliphatic hydroxyl groups excluding tert-OH is 4. The van der Waals surface area contributed by atoms with E-state index in [0.29, 0.717) is 13.0 Å². The lowest BCUT2D eigenvalue weighted by Gasteiger charge is -2.39. The molecule has 1 rings (SSSR count). The van der Waals surface area contributed by atoms with Crippen molar-refractivity contribution in [2.75, 3.05) is 26.4 Å². The van der Waals surface area contributed by atoms with Crippen molar-refractivity contribution >= 4 is 5.97 Å². The van der Waals surface area contributed by atoms with Crippen LogP contribution in [0.4, 0.5) is 0 Å². The van der Waals surface area contributed by atoms with E-state index >= 15 is 0 Å². The van der Waals surface area contributed by atoms with Gasteiger partial charge in [-0.25, -0.2) is 0 Å². The molecule has 0 saturated carbocycles. The van der Waals surface area contributed by atoms with Crippen LogP contribution in [-0.2, 0) is 23.7 Å². The maximum absolute atomic E-state index is 12.6. The fourth-order valence-corrected chi connectivity index (χ4v) is 4.86. The lowest BCUT2D eigenvalue weighted by atomic mass is 9.99. The number of rotatable bonds is 27. The molecule has 0 amide bonds. The largest absolute Gasteiger partial charge is 0.457 e. The lowest BCUT2D eigenvalue weighted by molar-refractivity contribution is -0.305. The van der Waals surface area contributed by atoms with E-state index in [-0.39, 0.29) is 19.2 Å². The van der Waals surface area contributed by atoms with Crippen LogP contribution >= 0.6 is 0 Å². The average Bonchev–Trinajstić information content (AvgIpc) is 3.02. The highest BCUT2D eigenvalue weighted by molar-refractivity contribution is 5.69. The van der Waals surface area contributed by atoms with E-state index in [9.17, 15) is 25.2 Å². The maximum Gasteiger partial charge on any atom is 0.306 e. The monoisotopic (exact) mass is 626 g/mol. The van der Waals surface area contributed by atoms with Crippen molar-refractivity contribution in [3.05, 3.63) is 36.5 Å². The molecule has 6 unspecified atom stereocenters. The van der Waals surface area contributed by atoms with Gasteiger partial charge in [0.1, 0.15) is 30.5 Å². The van der Waals surface area contributed by atoms with Crippen LogP contribution in [0.1, 0.15) is 117 Å². The van der Waals surface area contributed by atoms with Gasteiger partial charge in [0.05, 0.1) is 19.8 Å². The van der Waals surface area contributed by atoms with E-state index in [2.05, 4.69) is 50.3 Å². The molecule has 0 aliphatic carbocycles. The lowest BCUT2D eigenvalue weighted by Crippen LogP contribution is -2.59. The number of allylic oxidation sites excluding steroid dienone is 6. The summed E-state index contributed by atoms with van der Waals surface area (Å²) in [6.07, 6.45) is 21.9. The molecule has 0 aromatic carbocycles. The number of unbranched alkanes of at least 4 members (excludes halogenated alkanes) is 10. The first-order valence-corrected chi connectivity index (χ1v) is 17.1. The molecule has 4 N–H and O–H groups in total. The zero-order valence-electron chi connectivity index (χ0n) is 27.4. The molecule has 44 heavy (non-hydrogen) atoms.